The minimum atomic E-state index is 0.564. The first-order chi connectivity index (χ1) is 5.27. The minimum absolute atomic E-state index is 0.564. The van der Waals surface area contributed by atoms with Gasteiger partial charge in [0.25, 0.3) is 0 Å². The van der Waals surface area contributed by atoms with Crippen molar-refractivity contribution in [2.45, 2.75) is 12.1 Å². The number of hydrogen-bond donors (Lipinski definition) is 1. The Morgan fingerprint density at radius 3 is 3.00 bits per heavy atom. The SMILES string of the molecule is Cc1cccc2[nH]c([S])nc12. The fraction of sp³-hybridized carbons (Fsp3) is 0.125. The van der Waals surface area contributed by atoms with Crippen LogP contribution in [0.4, 0.5) is 0 Å². The average Bonchev–Trinajstić information content (AvgIpc) is 2.31. The van der Waals surface area contributed by atoms with Gasteiger partial charge in [-0.15, -0.1) is 0 Å². The molecule has 0 bridgehead atoms. The van der Waals surface area contributed by atoms with Crippen molar-refractivity contribution in [3.05, 3.63) is 23.8 Å². The van der Waals surface area contributed by atoms with Gasteiger partial charge in [-0.3, -0.25) is 0 Å². The molecule has 0 atom stereocenters. The summed E-state index contributed by atoms with van der Waals surface area (Å²) >= 11 is 4.91. The van der Waals surface area contributed by atoms with Gasteiger partial charge in [-0.05, 0) is 31.2 Å². The van der Waals surface area contributed by atoms with Crippen molar-refractivity contribution in [1.29, 1.82) is 0 Å². The van der Waals surface area contributed by atoms with Crippen molar-refractivity contribution in [2.75, 3.05) is 0 Å². The largest absolute Gasteiger partial charge is 0.329 e. The molecule has 0 fully saturated rings. The predicted octanol–water partition coefficient (Wildman–Crippen LogP) is 2.43. The van der Waals surface area contributed by atoms with E-state index in [1.54, 1.807) is 0 Å². The normalized spacial score (nSPS) is 10.6. The fourth-order valence-corrected chi connectivity index (χ4v) is 1.35. The number of aryl methyl sites for hydroxylation is 1. The number of benzene rings is 1. The Bertz CT molecular complexity index is 392. The van der Waals surface area contributed by atoms with E-state index in [-0.39, 0.29) is 0 Å². The highest BCUT2D eigenvalue weighted by Crippen LogP contribution is 2.16. The Morgan fingerprint density at radius 1 is 1.45 bits per heavy atom. The fourth-order valence-electron chi connectivity index (χ4n) is 1.15. The molecule has 1 heterocycles. The molecule has 1 aromatic heterocycles. The minimum Gasteiger partial charge on any atom is -0.329 e. The van der Waals surface area contributed by atoms with Crippen LogP contribution in [-0.4, -0.2) is 9.97 Å². The van der Waals surface area contributed by atoms with E-state index in [9.17, 15) is 0 Å². The third-order valence-electron chi connectivity index (χ3n) is 1.69. The molecule has 0 aliphatic heterocycles. The van der Waals surface area contributed by atoms with Gasteiger partial charge in [0, 0.05) is 0 Å². The number of aromatic amines is 1. The van der Waals surface area contributed by atoms with E-state index in [2.05, 4.69) is 9.97 Å². The molecule has 1 N–H and O–H groups in total. The van der Waals surface area contributed by atoms with Gasteiger partial charge in [-0.1, -0.05) is 12.1 Å². The van der Waals surface area contributed by atoms with Crippen LogP contribution in [-0.2, 0) is 0 Å². The second-order valence-electron chi connectivity index (χ2n) is 2.51. The molecule has 1 aromatic carbocycles. The van der Waals surface area contributed by atoms with E-state index in [0.717, 1.165) is 16.6 Å². The zero-order valence-corrected chi connectivity index (χ0v) is 6.90. The number of para-hydroxylation sites is 1. The van der Waals surface area contributed by atoms with Gasteiger partial charge in [0.2, 0.25) is 0 Å². The lowest BCUT2D eigenvalue weighted by atomic mass is 10.2. The Balaban J connectivity index is 2.90. The van der Waals surface area contributed by atoms with Crippen LogP contribution in [0.25, 0.3) is 11.0 Å². The maximum Gasteiger partial charge on any atom is 0.197 e. The standard InChI is InChI=1S/C8H7N2S/c1-5-3-2-4-6-7(5)10-8(11)9-6/h2-4H,1H3,(H,9,10). The van der Waals surface area contributed by atoms with Crippen molar-refractivity contribution < 1.29 is 0 Å². The molecule has 0 amide bonds. The summed E-state index contributed by atoms with van der Waals surface area (Å²) in [7, 11) is 0. The van der Waals surface area contributed by atoms with E-state index in [1.165, 1.54) is 0 Å². The van der Waals surface area contributed by atoms with Crippen LogP contribution in [0.15, 0.2) is 23.4 Å². The Kier molecular flexibility index (Phi) is 1.32. The number of fused-ring (bicyclic) bond motifs is 1. The average molecular weight is 163 g/mol. The molecule has 0 unspecified atom stereocenters. The molecule has 2 nitrogen and oxygen atoms in total. The maximum atomic E-state index is 4.91. The Labute approximate surface area is 70.1 Å². The van der Waals surface area contributed by atoms with Crippen molar-refractivity contribution >= 4 is 23.7 Å². The molecule has 55 valence electrons. The number of hydrogen-bond acceptors (Lipinski definition) is 1. The summed E-state index contributed by atoms with van der Waals surface area (Å²) in [6.45, 7) is 2.03. The molecule has 2 aromatic rings. The van der Waals surface area contributed by atoms with Gasteiger partial charge in [0.15, 0.2) is 5.16 Å². The molecule has 0 saturated carbocycles. The summed E-state index contributed by atoms with van der Waals surface area (Å²) in [5.74, 6) is 0. The van der Waals surface area contributed by atoms with Crippen molar-refractivity contribution in [2.24, 2.45) is 0 Å². The van der Waals surface area contributed by atoms with Crippen LogP contribution in [0.1, 0.15) is 5.56 Å². The highest BCUT2D eigenvalue weighted by molar-refractivity contribution is 7.80. The van der Waals surface area contributed by atoms with E-state index < -0.39 is 0 Å². The summed E-state index contributed by atoms with van der Waals surface area (Å²) in [5.41, 5.74) is 3.17. The van der Waals surface area contributed by atoms with Gasteiger partial charge in [0.05, 0.1) is 11.0 Å². The number of H-pyrrole nitrogens is 1. The lowest BCUT2D eigenvalue weighted by molar-refractivity contribution is 1.09. The van der Waals surface area contributed by atoms with Gasteiger partial charge in [0.1, 0.15) is 0 Å². The second-order valence-corrected chi connectivity index (χ2v) is 2.90. The quantitative estimate of drug-likeness (QED) is 0.634. The van der Waals surface area contributed by atoms with E-state index in [0.29, 0.717) is 5.16 Å². The molecule has 0 spiro atoms. The molecule has 0 aliphatic carbocycles. The van der Waals surface area contributed by atoms with Crippen LogP contribution in [0.5, 0.6) is 0 Å². The Hall–Kier alpha value is -1.09. The van der Waals surface area contributed by atoms with E-state index in [4.69, 9.17) is 12.6 Å². The molecule has 11 heavy (non-hydrogen) atoms. The molecule has 1 radical (unpaired) electrons. The molecular formula is C8H7N2S. The van der Waals surface area contributed by atoms with Crippen LogP contribution >= 0.6 is 12.6 Å². The zero-order chi connectivity index (χ0) is 7.84. The van der Waals surface area contributed by atoms with Gasteiger partial charge >= 0.3 is 0 Å². The smallest absolute Gasteiger partial charge is 0.197 e. The number of nitrogens with one attached hydrogen (secondary N) is 1. The molecular weight excluding hydrogens is 156 g/mol. The molecule has 2 rings (SSSR count). The predicted molar refractivity (Wildman–Crippen MR) is 46.7 cm³/mol. The van der Waals surface area contributed by atoms with Crippen molar-refractivity contribution in [3.63, 3.8) is 0 Å². The van der Waals surface area contributed by atoms with Crippen LogP contribution in [0, 0.1) is 6.92 Å². The third kappa shape index (κ3) is 0.973. The highest BCUT2D eigenvalue weighted by Gasteiger charge is 2.00. The highest BCUT2D eigenvalue weighted by atomic mass is 32.1. The summed E-state index contributed by atoms with van der Waals surface area (Å²) in [6.07, 6.45) is 0. The maximum absolute atomic E-state index is 4.91. The molecule has 3 heteroatoms. The number of rotatable bonds is 0. The van der Waals surface area contributed by atoms with Crippen LogP contribution in [0.2, 0.25) is 0 Å². The second kappa shape index (κ2) is 2.20. The van der Waals surface area contributed by atoms with E-state index >= 15 is 0 Å². The van der Waals surface area contributed by atoms with Gasteiger partial charge in [-0.25, -0.2) is 4.98 Å². The summed E-state index contributed by atoms with van der Waals surface area (Å²) < 4.78 is 0. The van der Waals surface area contributed by atoms with Crippen molar-refractivity contribution in [3.8, 4) is 0 Å². The molecule has 0 saturated heterocycles. The third-order valence-corrected chi connectivity index (χ3v) is 1.89. The topological polar surface area (TPSA) is 28.7 Å². The summed E-state index contributed by atoms with van der Waals surface area (Å²) in [4.78, 5) is 7.17. The first-order valence-corrected chi connectivity index (χ1v) is 3.80. The first-order valence-electron chi connectivity index (χ1n) is 3.40. The van der Waals surface area contributed by atoms with E-state index in [1.807, 2.05) is 25.1 Å². The van der Waals surface area contributed by atoms with Crippen LogP contribution < -0.4 is 0 Å². The number of nitrogens with zero attached hydrogens (tertiary/aromatic N) is 1. The van der Waals surface area contributed by atoms with Gasteiger partial charge < -0.3 is 4.98 Å². The Morgan fingerprint density at radius 2 is 2.27 bits per heavy atom. The lowest BCUT2D eigenvalue weighted by Gasteiger charge is -1.90. The first kappa shape index (κ1) is 6.61. The number of imidazole rings is 1. The number of aromatic nitrogens is 2. The zero-order valence-electron chi connectivity index (χ0n) is 6.09. The van der Waals surface area contributed by atoms with Crippen molar-refractivity contribution in [1.82, 2.24) is 9.97 Å². The lowest BCUT2D eigenvalue weighted by Crippen LogP contribution is -1.73. The summed E-state index contributed by atoms with van der Waals surface area (Å²) in [5, 5.41) is 0.564. The summed E-state index contributed by atoms with van der Waals surface area (Å²) in [6, 6.07) is 5.99. The van der Waals surface area contributed by atoms with Crippen LogP contribution in [0.3, 0.4) is 0 Å². The van der Waals surface area contributed by atoms with Gasteiger partial charge in [-0.2, -0.15) is 0 Å². The molecule has 0 aliphatic rings. The monoisotopic (exact) mass is 163 g/mol.